The van der Waals surface area contributed by atoms with Crippen molar-refractivity contribution < 1.29 is 4.79 Å². The number of nitrogens with two attached hydrogens (primary N) is 1. The Labute approximate surface area is 115 Å². The van der Waals surface area contributed by atoms with Gasteiger partial charge in [0, 0.05) is 32.4 Å². The number of carbonyl (C=O) groups excluding carboxylic acids is 1. The molecule has 0 spiro atoms. The van der Waals surface area contributed by atoms with E-state index in [1.165, 1.54) is 12.3 Å². The Balaban J connectivity index is 2.16. The summed E-state index contributed by atoms with van der Waals surface area (Å²) in [6.07, 6.45) is 4.95. The average Bonchev–Trinajstić information content (AvgIpc) is 2.77. The Morgan fingerprint density at radius 3 is 2.89 bits per heavy atom. The summed E-state index contributed by atoms with van der Waals surface area (Å²) in [5.41, 5.74) is 7.35. The molecule has 0 saturated carbocycles. The lowest BCUT2D eigenvalue weighted by atomic mass is 10.2. The SMILES string of the molecule is CN(Cc1cnn(C)c1)C(=O)c1cc(Cl)ncc1N. The summed E-state index contributed by atoms with van der Waals surface area (Å²) >= 11 is 5.78. The van der Waals surface area contributed by atoms with Crippen LogP contribution in [-0.4, -0.2) is 32.6 Å². The number of anilines is 1. The number of aromatic nitrogens is 3. The molecule has 1 amide bonds. The van der Waals surface area contributed by atoms with Gasteiger partial charge < -0.3 is 10.6 Å². The van der Waals surface area contributed by atoms with E-state index in [-0.39, 0.29) is 11.1 Å². The average molecular weight is 280 g/mol. The topological polar surface area (TPSA) is 77.0 Å². The first kappa shape index (κ1) is 13.4. The highest BCUT2D eigenvalue weighted by molar-refractivity contribution is 6.29. The number of aryl methyl sites for hydroxylation is 1. The van der Waals surface area contributed by atoms with E-state index in [0.29, 0.717) is 17.8 Å². The first-order valence-electron chi connectivity index (χ1n) is 5.61. The van der Waals surface area contributed by atoms with Crippen molar-refractivity contribution in [1.29, 1.82) is 0 Å². The summed E-state index contributed by atoms with van der Waals surface area (Å²) in [4.78, 5) is 17.6. The van der Waals surface area contributed by atoms with Gasteiger partial charge in [-0.25, -0.2) is 4.98 Å². The number of carbonyl (C=O) groups is 1. The van der Waals surface area contributed by atoms with Gasteiger partial charge in [-0.15, -0.1) is 0 Å². The van der Waals surface area contributed by atoms with E-state index in [0.717, 1.165) is 5.56 Å². The second kappa shape index (κ2) is 5.27. The fraction of sp³-hybridized carbons (Fsp3) is 0.250. The predicted molar refractivity (Wildman–Crippen MR) is 72.7 cm³/mol. The van der Waals surface area contributed by atoms with Crippen LogP contribution in [0.1, 0.15) is 15.9 Å². The van der Waals surface area contributed by atoms with Crippen molar-refractivity contribution in [3.05, 3.63) is 40.9 Å². The molecule has 0 fully saturated rings. The Morgan fingerprint density at radius 2 is 2.26 bits per heavy atom. The maximum absolute atomic E-state index is 12.3. The first-order chi connectivity index (χ1) is 8.97. The van der Waals surface area contributed by atoms with E-state index < -0.39 is 0 Å². The van der Waals surface area contributed by atoms with Gasteiger partial charge in [0.2, 0.25) is 0 Å². The van der Waals surface area contributed by atoms with Crippen LogP contribution in [0, 0.1) is 0 Å². The van der Waals surface area contributed by atoms with E-state index in [1.807, 2.05) is 13.2 Å². The maximum atomic E-state index is 12.3. The molecule has 0 atom stereocenters. The zero-order chi connectivity index (χ0) is 14.0. The third kappa shape index (κ3) is 3.03. The van der Waals surface area contributed by atoms with E-state index in [4.69, 9.17) is 17.3 Å². The normalized spacial score (nSPS) is 10.5. The van der Waals surface area contributed by atoms with Crippen LogP contribution in [0.25, 0.3) is 0 Å². The Morgan fingerprint density at radius 1 is 1.53 bits per heavy atom. The van der Waals surface area contributed by atoms with Crippen LogP contribution in [0.4, 0.5) is 5.69 Å². The summed E-state index contributed by atoms with van der Waals surface area (Å²) in [6, 6.07) is 1.47. The van der Waals surface area contributed by atoms with Gasteiger partial charge in [0.05, 0.1) is 23.6 Å². The molecule has 100 valence electrons. The van der Waals surface area contributed by atoms with Crippen LogP contribution >= 0.6 is 11.6 Å². The van der Waals surface area contributed by atoms with Crippen LogP contribution in [0.15, 0.2) is 24.7 Å². The highest BCUT2D eigenvalue weighted by Crippen LogP contribution is 2.17. The van der Waals surface area contributed by atoms with Crippen LogP contribution in [-0.2, 0) is 13.6 Å². The van der Waals surface area contributed by atoms with Crippen molar-refractivity contribution in [3.8, 4) is 0 Å². The highest BCUT2D eigenvalue weighted by Gasteiger charge is 2.16. The molecule has 0 unspecified atom stereocenters. The van der Waals surface area contributed by atoms with Crippen LogP contribution in [0.2, 0.25) is 5.15 Å². The smallest absolute Gasteiger partial charge is 0.256 e. The fourth-order valence-corrected chi connectivity index (χ4v) is 1.89. The molecular formula is C12H14ClN5O. The number of amides is 1. The van der Waals surface area contributed by atoms with E-state index in [2.05, 4.69) is 10.1 Å². The van der Waals surface area contributed by atoms with Crippen molar-refractivity contribution in [3.63, 3.8) is 0 Å². The van der Waals surface area contributed by atoms with Gasteiger partial charge >= 0.3 is 0 Å². The minimum Gasteiger partial charge on any atom is -0.397 e. The third-order valence-electron chi connectivity index (χ3n) is 2.66. The van der Waals surface area contributed by atoms with Crippen LogP contribution in [0.5, 0.6) is 0 Å². The van der Waals surface area contributed by atoms with Crippen molar-refractivity contribution in [2.45, 2.75) is 6.54 Å². The molecular weight excluding hydrogens is 266 g/mol. The van der Waals surface area contributed by atoms with Crippen molar-refractivity contribution in [2.75, 3.05) is 12.8 Å². The minimum atomic E-state index is -0.203. The molecule has 19 heavy (non-hydrogen) atoms. The van der Waals surface area contributed by atoms with Gasteiger partial charge in [0.15, 0.2) is 0 Å². The molecule has 0 saturated heterocycles. The van der Waals surface area contributed by atoms with Crippen molar-refractivity contribution in [1.82, 2.24) is 19.7 Å². The van der Waals surface area contributed by atoms with E-state index in [1.54, 1.807) is 22.8 Å². The number of hydrogen-bond donors (Lipinski definition) is 1. The number of pyridine rings is 1. The zero-order valence-electron chi connectivity index (χ0n) is 10.7. The van der Waals surface area contributed by atoms with Crippen LogP contribution < -0.4 is 5.73 Å². The quantitative estimate of drug-likeness (QED) is 0.860. The number of rotatable bonds is 3. The molecule has 2 aromatic heterocycles. The highest BCUT2D eigenvalue weighted by atomic mass is 35.5. The molecule has 2 heterocycles. The number of halogens is 1. The molecule has 0 aliphatic carbocycles. The number of nitrogen functional groups attached to an aromatic ring is 1. The molecule has 0 aliphatic heterocycles. The Kier molecular flexibility index (Phi) is 3.71. The lowest BCUT2D eigenvalue weighted by Gasteiger charge is -2.17. The number of hydrogen-bond acceptors (Lipinski definition) is 4. The first-order valence-corrected chi connectivity index (χ1v) is 5.99. The second-order valence-corrected chi connectivity index (χ2v) is 4.66. The molecule has 0 aromatic carbocycles. The summed E-state index contributed by atoms with van der Waals surface area (Å²) in [7, 11) is 3.52. The van der Waals surface area contributed by atoms with Crippen molar-refractivity contribution in [2.24, 2.45) is 7.05 Å². The lowest BCUT2D eigenvalue weighted by molar-refractivity contribution is 0.0786. The number of nitrogens with zero attached hydrogens (tertiary/aromatic N) is 4. The third-order valence-corrected chi connectivity index (χ3v) is 2.86. The summed E-state index contributed by atoms with van der Waals surface area (Å²) in [5.74, 6) is -0.203. The molecule has 6 nitrogen and oxygen atoms in total. The molecule has 0 radical (unpaired) electrons. The van der Waals surface area contributed by atoms with E-state index in [9.17, 15) is 4.79 Å². The Hall–Kier alpha value is -2.08. The summed E-state index contributed by atoms with van der Waals surface area (Å²) in [6.45, 7) is 0.450. The maximum Gasteiger partial charge on any atom is 0.256 e. The predicted octanol–water partition coefficient (Wildman–Crippen LogP) is 1.32. The minimum absolute atomic E-state index is 0.203. The summed E-state index contributed by atoms with van der Waals surface area (Å²) < 4.78 is 1.69. The van der Waals surface area contributed by atoms with Gasteiger partial charge in [-0.2, -0.15) is 5.10 Å². The zero-order valence-corrected chi connectivity index (χ0v) is 11.4. The molecule has 0 aliphatic rings. The summed E-state index contributed by atoms with van der Waals surface area (Å²) in [5, 5.41) is 4.30. The van der Waals surface area contributed by atoms with Gasteiger partial charge in [-0.05, 0) is 6.07 Å². The second-order valence-electron chi connectivity index (χ2n) is 4.28. The largest absolute Gasteiger partial charge is 0.397 e. The van der Waals surface area contributed by atoms with Gasteiger partial charge in [-0.1, -0.05) is 11.6 Å². The van der Waals surface area contributed by atoms with Crippen molar-refractivity contribution >= 4 is 23.2 Å². The Bertz CT molecular complexity index is 610. The molecule has 7 heteroatoms. The monoisotopic (exact) mass is 279 g/mol. The standard InChI is InChI=1S/C12H14ClN5O/c1-17(6-8-4-16-18(2)7-8)12(19)9-3-11(13)15-5-10(9)14/h3-5,7H,6,14H2,1-2H3. The lowest BCUT2D eigenvalue weighted by Crippen LogP contribution is -2.27. The molecule has 0 bridgehead atoms. The van der Waals surface area contributed by atoms with Gasteiger partial charge in [-0.3, -0.25) is 9.48 Å². The van der Waals surface area contributed by atoms with E-state index >= 15 is 0 Å². The molecule has 2 N–H and O–H groups in total. The van der Waals surface area contributed by atoms with Gasteiger partial charge in [0.1, 0.15) is 5.15 Å². The van der Waals surface area contributed by atoms with Gasteiger partial charge in [0.25, 0.3) is 5.91 Å². The molecule has 2 aromatic rings. The van der Waals surface area contributed by atoms with Crippen LogP contribution in [0.3, 0.4) is 0 Å². The molecule has 2 rings (SSSR count). The fourth-order valence-electron chi connectivity index (χ4n) is 1.73.